The van der Waals surface area contributed by atoms with Crippen molar-refractivity contribution in [2.75, 3.05) is 7.11 Å². The van der Waals surface area contributed by atoms with Crippen molar-refractivity contribution < 1.29 is 9.53 Å². The first-order chi connectivity index (χ1) is 9.17. The molecule has 0 atom stereocenters. The maximum absolute atomic E-state index is 11.6. The van der Waals surface area contributed by atoms with Gasteiger partial charge in [0.05, 0.1) is 25.0 Å². The summed E-state index contributed by atoms with van der Waals surface area (Å²) < 4.78 is 6.39. The van der Waals surface area contributed by atoms with Crippen molar-refractivity contribution in [2.24, 2.45) is 0 Å². The van der Waals surface area contributed by atoms with E-state index in [1.54, 1.807) is 10.9 Å². The molecule has 0 aliphatic carbocycles. The van der Waals surface area contributed by atoms with Gasteiger partial charge < -0.3 is 4.74 Å². The number of pyridine rings is 1. The summed E-state index contributed by atoms with van der Waals surface area (Å²) in [7, 11) is 1.34. The van der Waals surface area contributed by atoms with Crippen molar-refractivity contribution in [3.63, 3.8) is 0 Å². The van der Waals surface area contributed by atoms with Crippen molar-refractivity contribution >= 4 is 5.97 Å². The molecular formula is C13H16N4O2. The van der Waals surface area contributed by atoms with E-state index in [1.165, 1.54) is 7.11 Å². The van der Waals surface area contributed by atoms with Gasteiger partial charge in [-0.3, -0.25) is 4.98 Å². The molecular weight excluding hydrogens is 244 g/mol. The van der Waals surface area contributed by atoms with Crippen LogP contribution >= 0.6 is 0 Å². The standard InChI is InChI=1S/C13H16N4O2/c1-4-11-12(13(18)19-3)15-16-17(11)8-10-9(2)6-5-7-14-10/h5-7H,4,8H2,1-3H3. The summed E-state index contributed by atoms with van der Waals surface area (Å²) in [4.78, 5) is 15.9. The van der Waals surface area contributed by atoms with E-state index in [1.807, 2.05) is 26.0 Å². The van der Waals surface area contributed by atoms with Crippen LogP contribution in [-0.4, -0.2) is 33.1 Å². The van der Waals surface area contributed by atoms with E-state index in [0.29, 0.717) is 13.0 Å². The molecule has 0 saturated heterocycles. The Labute approximate surface area is 111 Å². The molecule has 19 heavy (non-hydrogen) atoms. The molecule has 2 aromatic heterocycles. The van der Waals surface area contributed by atoms with Gasteiger partial charge >= 0.3 is 5.97 Å². The summed E-state index contributed by atoms with van der Waals surface area (Å²) in [5, 5.41) is 7.91. The zero-order valence-electron chi connectivity index (χ0n) is 11.3. The minimum absolute atomic E-state index is 0.276. The minimum Gasteiger partial charge on any atom is -0.464 e. The third kappa shape index (κ3) is 2.62. The largest absolute Gasteiger partial charge is 0.464 e. The monoisotopic (exact) mass is 260 g/mol. The van der Waals surface area contributed by atoms with Gasteiger partial charge in [-0.2, -0.15) is 0 Å². The Hall–Kier alpha value is -2.24. The Morgan fingerprint density at radius 2 is 2.26 bits per heavy atom. The van der Waals surface area contributed by atoms with Crippen LogP contribution in [0, 0.1) is 6.92 Å². The summed E-state index contributed by atoms with van der Waals surface area (Å²) in [6, 6.07) is 3.88. The van der Waals surface area contributed by atoms with Crippen molar-refractivity contribution in [1.29, 1.82) is 0 Å². The third-order valence-electron chi connectivity index (χ3n) is 2.97. The molecule has 0 fully saturated rings. The number of aromatic nitrogens is 4. The SMILES string of the molecule is CCc1c(C(=O)OC)nnn1Cc1ncccc1C. The zero-order valence-corrected chi connectivity index (χ0v) is 11.3. The van der Waals surface area contributed by atoms with Gasteiger partial charge in [0.25, 0.3) is 0 Å². The fourth-order valence-electron chi connectivity index (χ4n) is 1.89. The topological polar surface area (TPSA) is 69.9 Å². The van der Waals surface area contributed by atoms with Gasteiger partial charge in [0.15, 0.2) is 5.69 Å². The van der Waals surface area contributed by atoms with E-state index in [4.69, 9.17) is 4.74 Å². The highest BCUT2D eigenvalue weighted by molar-refractivity contribution is 5.88. The Kier molecular flexibility index (Phi) is 3.89. The van der Waals surface area contributed by atoms with Gasteiger partial charge in [-0.25, -0.2) is 9.48 Å². The van der Waals surface area contributed by atoms with Crippen LogP contribution in [0.15, 0.2) is 18.3 Å². The van der Waals surface area contributed by atoms with Crippen LogP contribution in [-0.2, 0) is 17.7 Å². The molecule has 100 valence electrons. The maximum Gasteiger partial charge on any atom is 0.360 e. The van der Waals surface area contributed by atoms with Crippen LogP contribution < -0.4 is 0 Å². The number of hydrogen-bond donors (Lipinski definition) is 0. The smallest absolute Gasteiger partial charge is 0.360 e. The highest BCUT2D eigenvalue weighted by Crippen LogP contribution is 2.11. The number of methoxy groups -OCH3 is 1. The second-order valence-corrected chi connectivity index (χ2v) is 4.15. The molecule has 0 amide bonds. The lowest BCUT2D eigenvalue weighted by molar-refractivity contribution is 0.0592. The highest BCUT2D eigenvalue weighted by atomic mass is 16.5. The van der Waals surface area contributed by atoms with E-state index in [0.717, 1.165) is 17.0 Å². The molecule has 0 saturated carbocycles. The number of hydrogen-bond acceptors (Lipinski definition) is 5. The van der Waals surface area contributed by atoms with E-state index in [2.05, 4.69) is 15.3 Å². The predicted octanol–water partition coefficient (Wildman–Crippen LogP) is 1.38. The lowest BCUT2D eigenvalue weighted by Crippen LogP contribution is -2.11. The molecule has 0 bridgehead atoms. The molecule has 2 heterocycles. The number of carbonyl (C=O) groups excluding carboxylic acids is 1. The number of esters is 1. The quantitative estimate of drug-likeness (QED) is 0.777. The summed E-state index contributed by atoms with van der Waals surface area (Å²) >= 11 is 0. The fraction of sp³-hybridized carbons (Fsp3) is 0.385. The molecule has 6 heteroatoms. The van der Waals surface area contributed by atoms with Crippen LogP contribution in [0.2, 0.25) is 0 Å². The predicted molar refractivity (Wildman–Crippen MR) is 68.8 cm³/mol. The molecule has 0 radical (unpaired) electrons. The molecule has 0 aromatic carbocycles. The highest BCUT2D eigenvalue weighted by Gasteiger charge is 2.19. The number of aryl methyl sites for hydroxylation is 1. The number of rotatable bonds is 4. The fourth-order valence-corrected chi connectivity index (χ4v) is 1.89. The lowest BCUT2D eigenvalue weighted by atomic mass is 10.2. The van der Waals surface area contributed by atoms with E-state index in [9.17, 15) is 4.79 Å². The Morgan fingerprint density at radius 1 is 1.47 bits per heavy atom. The van der Waals surface area contributed by atoms with E-state index in [-0.39, 0.29) is 5.69 Å². The summed E-state index contributed by atoms with van der Waals surface area (Å²) in [5.74, 6) is -0.458. The zero-order chi connectivity index (χ0) is 13.8. The maximum atomic E-state index is 11.6. The molecule has 6 nitrogen and oxygen atoms in total. The summed E-state index contributed by atoms with van der Waals surface area (Å²) in [5.41, 5.74) is 3.04. The van der Waals surface area contributed by atoms with E-state index < -0.39 is 5.97 Å². The molecule has 0 unspecified atom stereocenters. The number of carbonyl (C=O) groups is 1. The van der Waals surface area contributed by atoms with Gasteiger partial charge in [-0.1, -0.05) is 18.2 Å². The van der Waals surface area contributed by atoms with Crippen LogP contribution in [0.5, 0.6) is 0 Å². The molecule has 0 spiro atoms. The first-order valence-corrected chi connectivity index (χ1v) is 6.08. The summed E-state index contributed by atoms with van der Waals surface area (Å²) in [6.45, 7) is 4.44. The number of nitrogens with zero attached hydrogens (tertiary/aromatic N) is 4. The van der Waals surface area contributed by atoms with Gasteiger partial charge in [0.1, 0.15) is 0 Å². The van der Waals surface area contributed by atoms with Crippen LogP contribution in [0.25, 0.3) is 0 Å². The van der Waals surface area contributed by atoms with Gasteiger partial charge in [-0.15, -0.1) is 5.10 Å². The van der Waals surface area contributed by atoms with Crippen molar-refractivity contribution in [3.05, 3.63) is 41.0 Å². The third-order valence-corrected chi connectivity index (χ3v) is 2.97. The van der Waals surface area contributed by atoms with Crippen molar-refractivity contribution in [1.82, 2.24) is 20.0 Å². The van der Waals surface area contributed by atoms with E-state index >= 15 is 0 Å². The van der Waals surface area contributed by atoms with Crippen molar-refractivity contribution in [3.8, 4) is 0 Å². The molecule has 2 rings (SSSR count). The molecule has 0 aliphatic rings. The minimum atomic E-state index is -0.458. The molecule has 0 N–H and O–H groups in total. The average Bonchev–Trinajstić information content (AvgIpc) is 2.83. The normalized spacial score (nSPS) is 10.5. The number of ether oxygens (including phenoxy) is 1. The van der Waals surface area contributed by atoms with Gasteiger partial charge in [0, 0.05) is 6.20 Å². The van der Waals surface area contributed by atoms with Gasteiger partial charge in [0.2, 0.25) is 0 Å². The van der Waals surface area contributed by atoms with Crippen molar-refractivity contribution in [2.45, 2.75) is 26.8 Å². The summed E-state index contributed by atoms with van der Waals surface area (Å²) in [6.07, 6.45) is 2.40. The average molecular weight is 260 g/mol. The first kappa shape index (κ1) is 13.2. The second-order valence-electron chi connectivity index (χ2n) is 4.15. The van der Waals surface area contributed by atoms with Crippen LogP contribution in [0.4, 0.5) is 0 Å². The Balaban J connectivity index is 2.34. The van der Waals surface area contributed by atoms with Gasteiger partial charge in [-0.05, 0) is 25.0 Å². The lowest BCUT2D eigenvalue weighted by Gasteiger charge is -2.07. The Bertz CT molecular complexity index is 592. The molecule has 0 aliphatic heterocycles. The first-order valence-electron chi connectivity index (χ1n) is 6.08. The second kappa shape index (κ2) is 5.60. The van der Waals surface area contributed by atoms with Crippen LogP contribution in [0.1, 0.15) is 34.4 Å². The molecule has 2 aromatic rings. The Morgan fingerprint density at radius 3 is 2.89 bits per heavy atom. The van der Waals surface area contributed by atoms with Crippen LogP contribution in [0.3, 0.4) is 0 Å².